The van der Waals surface area contributed by atoms with Crippen molar-refractivity contribution in [2.24, 2.45) is 0 Å². The molecule has 0 saturated heterocycles. The fourth-order valence-corrected chi connectivity index (χ4v) is 4.54. The van der Waals surface area contributed by atoms with Crippen molar-refractivity contribution in [3.05, 3.63) is 41.6 Å². The molecule has 1 N–H and O–H groups in total. The number of rotatable bonds is 7. The van der Waals surface area contributed by atoms with Crippen LogP contribution in [0.3, 0.4) is 0 Å². The Bertz CT molecular complexity index is 853. The summed E-state index contributed by atoms with van der Waals surface area (Å²) >= 11 is 0. The molecular formula is C19H26N2O3S. The van der Waals surface area contributed by atoms with Crippen LogP contribution in [0.2, 0.25) is 0 Å². The first-order valence-corrected chi connectivity index (χ1v) is 10.1. The van der Waals surface area contributed by atoms with Gasteiger partial charge in [0.25, 0.3) is 0 Å². The van der Waals surface area contributed by atoms with Gasteiger partial charge >= 0.3 is 0 Å². The predicted molar refractivity (Wildman–Crippen MR) is 99.6 cm³/mol. The van der Waals surface area contributed by atoms with E-state index in [0.29, 0.717) is 24.3 Å². The van der Waals surface area contributed by atoms with Gasteiger partial charge in [-0.05, 0) is 38.0 Å². The van der Waals surface area contributed by atoms with Crippen molar-refractivity contribution in [3.8, 4) is 0 Å². The molecule has 136 valence electrons. The summed E-state index contributed by atoms with van der Waals surface area (Å²) in [6.07, 6.45) is 2.19. The molecule has 2 aromatic rings. The Morgan fingerprint density at radius 1 is 1.12 bits per heavy atom. The first-order chi connectivity index (χ1) is 11.8. The molecule has 1 aromatic heterocycles. The van der Waals surface area contributed by atoms with Crippen LogP contribution in [0.25, 0.3) is 0 Å². The van der Waals surface area contributed by atoms with Gasteiger partial charge in [0.05, 0.1) is 4.90 Å². The lowest BCUT2D eigenvalue weighted by Crippen LogP contribution is -2.17. The number of anilines is 1. The average Bonchev–Trinajstić information content (AvgIpc) is 2.84. The molecule has 1 heterocycles. The Kier molecular flexibility index (Phi) is 6.06. The van der Waals surface area contributed by atoms with Gasteiger partial charge in [-0.25, -0.2) is 8.42 Å². The third kappa shape index (κ3) is 3.79. The van der Waals surface area contributed by atoms with E-state index in [2.05, 4.69) is 12.2 Å². The van der Waals surface area contributed by atoms with Gasteiger partial charge in [-0.15, -0.1) is 0 Å². The summed E-state index contributed by atoms with van der Waals surface area (Å²) in [7, 11) is -3.72. The number of nitrogens with one attached hydrogen (secondary N) is 1. The SMILES string of the molecule is CCCCn1c(C)c(C)c(S(=O)(=O)c2ccccc2)c1NC(=O)CC. The smallest absolute Gasteiger partial charge is 0.225 e. The molecule has 0 atom stereocenters. The van der Waals surface area contributed by atoms with Crippen LogP contribution in [0.15, 0.2) is 40.1 Å². The second kappa shape index (κ2) is 7.87. The highest BCUT2D eigenvalue weighted by Crippen LogP contribution is 2.35. The Balaban J connectivity index is 2.69. The van der Waals surface area contributed by atoms with Gasteiger partial charge in [0.2, 0.25) is 15.7 Å². The Labute approximate surface area is 150 Å². The van der Waals surface area contributed by atoms with Gasteiger partial charge in [-0.2, -0.15) is 0 Å². The molecule has 5 nitrogen and oxygen atoms in total. The first kappa shape index (κ1) is 19.2. The van der Waals surface area contributed by atoms with Gasteiger partial charge in [-0.3, -0.25) is 4.79 Å². The van der Waals surface area contributed by atoms with Crippen LogP contribution in [0.5, 0.6) is 0 Å². The summed E-state index contributed by atoms with van der Waals surface area (Å²) in [5.41, 5.74) is 1.56. The van der Waals surface area contributed by atoms with Gasteiger partial charge in [-0.1, -0.05) is 38.5 Å². The highest BCUT2D eigenvalue weighted by atomic mass is 32.2. The molecule has 1 aromatic carbocycles. The van der Waals surface area contributed by atoms with Gasteiger partial charge < -0.3 is 9.88 Å². The van der Waals surface area contributed by atoms with Crippen LogP contribution in [-0.4, -0.2) is 18.9 Å². The fraction of sp³-hybridized carbons (Fsp3) is 0.421. The minimum atomic E-state index is -3.72. The van der Waals surface area contributed by atoms with Crippen LogP contribution >= 0.6 is 0 Å². The molecule has 1 amide bonds. The van der Waals surface area contributed by atoms with Crippen molar-refractivity contribution in [3.63, 3.8) is 0 Å². The highest BCUT2D eigenvalue weighted by molar-refractivity contribution is 7.91. The zero-order chi connectivity index (χ0) is 18.6. The summed E-state index contributed by atoms with van der Waals surface area (Å²) < 4.78 is 28.4. The summed E-state index contributed by atoms with van der Waals surface area (Å²) in [4.78, 5) is 12.5. The number of carbonyl (C=O) groups is 1. The lowest BCUT2D eigenvalue weighted by molar-refractivity contribution is -0.115. The summed E-state index contributed by atoms with van der Waals surface area (Å²) in [5.74, 6) is 0.193. The minimum absolute atomic E-state index is 0.195. The number of nitrogens with zero attached hydrogens (tertiary/aromatic N) is 1. The third-order valence-corrected chi connectivity index (χ3v) is 6.34. The monoisotopic (exact) mass is 362 g/mol. The average molecular weight is 362 g/mol. The number of carbonyl (C=O) groups excluding carboxylic acids is 1. The van der Waals surface area contributed by atoms with E-state index in [-0.39, 0.29) is 15.7 Å². The van der Waals surface area contributed by atoms with Crippen molar-refractivity contribution < 1.29 is 13.2 Å². The van der Waals surface area contributed by atoms with Gasteiger partial charge in [0.1, 0.15) is 10.7 Å². The lowest BCUT2D eigenvalue weighted by Gasteiger charge is -2.14. The Morgan fingerprint density at radius 2 is 1.76 bits per heavy atom. The lowest BCUT2D eigenvalue weighted by atomic mass is 10.3. The number of benzene rings is 1. The zero-order valence-electron chi connectivity index (χ0n) is 15.3. The van der Waals surface area contributed by atoms with E-state index >= 15 is 0 Å². The summed E-state index contributed by atoms with van der Waals surface area (Å²) in [6, 6.07) is 8.35. The van der Waals surface area contributed by atoms with Crippen molar-refractivity contribution >= 4 is 21.6 Å². The molecular weight excluding hydrogens is 336 g/mol. The highest BCUT2D eigenvalue weighted by Gasteiger charge is 2.30. The number of sulfone groups is 1. The van der Waals surface area contributed by atoms with E-state index in [9.17, 15) is 13.2 Å². The maximum Gasteiger partial charge on any atom is 0.225 e. The minimum Gasteiger partial charge on any atom is -0.331 e. The molecule has 0 radical (unpaired) electrons. The Hall–Kier alpha value is -2.08. The van der Waals surface area contributed by atoms with E-state index < -0.39 is 9.84 Å². The predicted octanol–water partition coefficient (Wildman–Crippen LogP) is 4.09. The maximum atomic E-state index is 13.2. The second-order valence-electron chi connectivity index (χ2n) is 6.11. The molecule has 0 aliphatic carbocycles. The molecule has 0 saturated carbocycles. The quantitative estimate of drug-likeness (QED) is 0.807. The molecule has 2 rings (SSSR count). The Morgan fingerprint density at radius 3 is 2.32 bits per heavy atom. The largest absolute Gasteiger partial charge is 0.331 e. The molecule has 6 heteroatoms. The summed E-state index contributed by atoms with van der Waals surface area (Å²) in [6.45, 7) is 8.20. The van der Waals surface area contributed by atoms with Crippen LogP contribution in [-0.2, 0) is 21.2 Å². The van der Waals surface area contributed by atoms with Gasteiger partial charge in [0, 0.05) is 18.7 Å². The van der Waals surface area contributed by atoms with Crippen LogP contribution < -0.4 is 5.32 Å². The molecule has 0 aliphatic heterocycles. The molecule has 0 spiro atoms. The molecule has 0 bridgehead atoms. The zero-order valence-corrected chi connectivity index (χ0v) is 16.1. The van der Waals surface area contributed by atoms with Crippen LogP contribution in [0.4, 0.5) is 5.82 Å². The second-order valence-corrected chi connectivity index (χ2v) is 8.00. The molecule has 0 aliphatic rings. The first-order valence-electron chi connectivity index (χ1n) is 8.64. The van der Waals surface area contributed by atoms with E-state index in [1.807, 2.05) is 11.5 Å². The summed E-state index contributed by atoms with van der Waals surface area (Å²) in [5, 5.41) is 2.82. The normalized spacial score (nSPS) is 11.5. The maximum absolute atomic E-state index is 13.2. The molecule has 0 fully saturated rings. The number of amides is 1. The van der Waals surface area contributed by atoms with E-state index in [4.69, 9.17) is 0 Å². The fourth-order valence-electron chi connectivity index (χ4n) is 2.82. The van der Waals surface area contributed by atoms with E-state index in [1.165, 1.54) is 0 Å². The van der Waals surface area contributed by atoms with E-state index in [1.54, 1.807) is 44.2 Å². The van der Waals surface area contributed by atoms with Crippen molar-refractivity contribution in [2.75, 3.05) is 5.32 Å². The number of aromatic nitrogens is 1. The van der Waals surface area contributed by atoms with E-state index in [0.717, 1.165) is 18.5 Å². The van der Waals surface area contributed by atoms with Gasteiger partial charge in [0.15, 0.2) is 0 Å². The number of hydrogen-bond donors (Lipinski definition) is 1. The number of hydrogen-bond acceptors (Lipinski definition) is 3. The topological polar surface area (TPSA) is 68.2 Å². The molecule has 25 heavy (non-hydrogen) atoms. The molecule has 0 unspecified atom stereocenters. The van der Waals surface area contributed by atoms with Crippen molar-refractivity contribution in [1.82, 2.24) is 4.57 Å². The third-order valence-electron chi connectivity index (χ3n) is 4.41. The van der Waals surface area contributed by atoms with Crippen LogP contribution in [0.1, 0.15) is 44.4 Å². The van der Waals surface area contributed by atoms with Crippen LogP contribution in [0, 0.1) is 13.8 Å². The standard InChI is InChI=1S/C19H26N2O3S/c1-5-7-13-21-15(4)14(3)18(19(21)20-17(22)6-2)25(23,24)16-11-9-8-10-12-16/h8-12H,5-7,13H2,1-4H3,(H,20,22). The van der Waals surface area contributed by atoms with Crippen molar-refractivity contribution in [2.45, 2.75) is 63.3 Å². The van der Waals surface area contributed by atoms with Crippen molar-refractivity contribution in [1.29, 1.82) is 0 Å². The number of unbranched alkanes of at least 4 members (excludes halogenated alkanes) is 1.